The Morgan fingerprint density at radius 3 is 2.58 bits per heavy atom. The Labute approximate surface area is 114 Å². The van der Waals surface area contributed by atoms with Crippen molar-refractivity contribution in [1.29, 1.82) is 0 Å². The molecular weight excluding hydrogens is 240 g/mol. The van der Waals surface area contributed by atoms with E-state index in [4.69, 9.17) is 0 Å². The van der Waals surface area contributed by atoms with Gasteiger partial charge in [0.1, 0.15) is 5.56 Å². The van der Waals surface area contributed by atoms with Gasteiger partial charge in [-0.25, -0.2) is 4.79 Å². The normalized spacial score (nSPS) is 23.1. The van der Waals surface area contributed by atoms with Crippen LogP contribution in [-0.4, -0.2) is 29.1 Å². The molecule has 1 saturated carbocycles. The van der Waals surface area contributed by atoms with Gasteiger partial charge in [0.05, 0.1) is 5.69 Å². The zero-order valence-electron chi connectivity index (χ0n) is 11.9. The van der Waals surface area contributed by atoms with Crippen molar-refractivity contribution < 1.29 is 9.90 Å². The molecule has 0 saturated heterocycles. The minimum atomic E-state index is -0.904. The molecular formula is C15H22N2O2. The van der Waals surface area contributed by atoms with Gasteiger partial charge in [0, 0.05) is 25.0 Å². The van der Waals surface area contributed by atoms with Crippen LogP contribution in [0.15, 0.2) is 12.3 Å². The number of pyridine rings is 1. The van der Waals surface area contributed by atoms with Gasteiger partial charge in [0.2, 0.25) is 0 Å². The Balaban J connectivity index is 2.25. The Morgan fingerprint density at radius 2 is 2.00 bits per heavy atom. The summed E-state index contributed by atoms with van der Waals surface area (Å²) in [6.45, 7) is 4.18. The number of rotatable bonds is 3. The summed E-state index contributed by atoms with van der Waals surface area (Å²) >= 11 is 0. The predicted octanol–water partition coefficient (Wildman–Crippen LogP) is 3.10. The third-order valence-electron chi connectivity index (χ3n) is 4.16. The van der Waals surface area contributed by atoms with E-state index in [1.807, 2.05) is 20.0 Å². The molecule has 0 bridgehead atoms. The Kier molecular flexibility index (Phi) is 4.08. The zero-order chi connectivity index (χ0) is 14.0. The van der Waals surface area contributed by atoms with Crippen LogP contribution in [0.4, 0.5) is 5.69 Å². The molecule has 104 valence electrons. The molecule has 2 rings (SSSR count). The van der Waals surface area contributed by atoms with Crippen molar-refractivity contribution in [3.05, 3.63) is 23.5 Å². The molecule has 1 aromatic heterocycles. The molecule has 0 amide bonds. The topological polar surface area (TPSA) is 53.4 Å². The molecule has 1 fully saturated rings. The Hall–Kier alpha value is -1.58. The second-order valence-corrected chi connectivity index (χ2v) is 5.67. The number of carbonyl (C=O) groups is 1. The van der Waals surface area contributed by atoms with E-state index in [0.29, 0.717) is 11.6 Å². The molecule has 1 aliphatic rings. The van der Waals surface area contributed by atoms with Crippen molar-refractivity contribution in [2.24, 2.45) is 5.92 Å². The van der Waals surface area contributed by atoms with Crippen LogP contribution >= 0.6 is 0 Å². The first kappa shape index (κ1) is 13.8. The highest BCUT2D eigenvalue weighted by Crippen LogP contribution is 2.31. The molecule has 0 aromatic carbocycles. The monoisotopic (exact) mass is 262 g/mol. The minimum Gasteiger partial charge on any atom is -0.478 e. The van der Waals surface area contributed by atoms with Gasteiger partial charge in [-0.05, 0) is 44.6 Å². The van der Waals surface area contributed by atoms with Gasteiger partial charge in [-0.2, -0.15) is 0 Å². The highest BCUT2D eigenvalue weighted by atomic mass is 16.4. The summed E-state index contributed by atoms with van der Waals surface area (Å²) < 4.78 is 0. The van der Waals surface area contributed by atoms with Crippen molar-refractivity contribution in [1.82, 2.24) is 4.98 Å². The maximum Gasteiger partial charge on any atom is 0.339 e. The van der Waals surface area contributed by atoms with Gasteiger partial charge in [-0.15, -0.1) is 0 Å². The first-order valence-electron chi connectivity index (χ1n) is 6.91. The maximum absolute atomic E-state index is 11.3. The first-order valence-corrected chi connectivity index (χ1v) is 6.91. The lowest BCUT2D eigenvalue weighted by molar-refractivity contribution is 0.0697. The molecule has 0 atom stereocenters. The van der Waals surface area contributed by atoms with Gasteiger partial charge in [-0.3, -0.25) is 4.98 Å². The number of hydrogen-bond acceptors (Lipinski definition) is 3. The van der Waals surface area contributed by atoms with E-state index >= 15 is 0 Å². The molecule has 0 unspecified atom stereocenters. The molecule has 0 aliphatic heterocycles. The number of nitrogens with zero attached hydrogens (tertiary/aromatic N) is 2. The fraction of sp³-hybridized carbons (Fsp3) is 0.600. The molecule has 1 aromatic rings. The van der Waals surface area contributed by atoms with Crippen molar-refractivity contribution in [3.8, 4) is 0 Å². The van der Waals surface area contributed by atoms with E-state index in [1.165, 1.54) is 19.0 Å². The Morgan fingerprint density at radius 1 is 1.37 bits per heavy atom. The lowest BCUT2D eigenvalue weighted by Gasteiger charge is -2.35. The number of aromatic carboxylic acids is 1. The summed E-state index contributed by atoms with van der Waals surface area (Å²) in [6.07, 6.45) is 6.19. The van der Waals surface area contributed by atoms with Crippen molar-refractivity contribution >= 4 is 11.7 Å². The van der Waals surface area contributed by atoms with Crippen LogP contribution in [0.3, 0.4) is 0 Å². The van der Waals surface area contributed by atoms with Crippen LogP contribution in [0.1, 0.15) is 48.7 Å². The number of carboxylic acids is 1. The van der Waals surface area contributed by atoms with E-state index in [0.717, 1.165) is 30.1 Å². The second-order valence-electron chi connectivity index (χ2n) is 5.67. The average Bonchev–Trinajstić information content (AvgIpc) is 2.38. The van der Waals surface area contributed by atoms with E-state index in [-0.39, 0.29) is 0 Å². The molecule has 4 heteroatoms. The third-order valence-corrected chi connectivity index (χ3v) is 4.16. The molecule has 0 spiro atoms. The molecule has 1 aliphatic carbocycles. The fourth-order valence-electron chi connectivity index (χ4n) is 2.83. The number of anilines is 1. The van der Waals surface area contributed by atoms with Gasteiger partial charge < -0.3 is 10.0 Å². The molecule has 0 radical (unpaired) electrons. The quantitative estimate of drug-likeness (QED) is 0.909. The number of aromatic nitrogens is 1. The van der Waals surface area contributed by atoms with Crippen LogP contribution in [0.25, 0.3) is 0 Å². The number of aryl methyl sites for hydroxylation is 1. The maximum atomic E-state index is 11.3. The molecule has 4 nitrogen and oxygen atoms in total. The van der Waals surface area contributed by atoms with Crippen LogP contribution in [0.5, 0.6) is 0 Å². The standard InChI is InChI=1S/C15H22N2O2/c1-10-4-6-12(7-5-10)17(3)14-8-11(2)16-9-13(14)15(18)19/h8-10,12H,4-7H2,1-3H3,(H,18,19). The highest BCUT2D eigenvalue weighted by Gasteiger charge is 2.24. The van der Waals surface area contributed by atoms with Gasteiger partial charge in [0.15, 0.2) is 0 Å². The lowest BCUT2D eigenvalue weighted by Crippen LogP contribution is -2.35. The van der Waals surface area contributed by atoms with Crippen LogP contribution < -0.4 is 4.90 Å². The van der Waals surface area contributed by atoms with Crippen LogP contribution in [0, 0.1) is 12.8 Å². The first-order chi connectivity index (χ1) is 8.99. The highest BCUT2D eigenvalue weighted by molar-refractivity contribution is 5.94. The lowest BCUT2D eigenvalue weighted by atomic mass is 9.86. The van der Waals surface area contributed by atoms with E-state index in [2.05, 4.69) is 16.8 Å². The summed E-state index contributed by atoms with van der Waals surface area (Å²) in [4.78, 5) is 17.5. The number of carboxylic acid groups (broad SMARTS) is 1. The molecule has 1 heterocycles. The minimum absolute atomic E-state index is 0.298. The van der Waals surface area contributed by atoms with E-state index in [1.54, 1.807) is 0 Å². The molecule has 19 heavy (non-hydrogen) atoms. The average molecular weight is 262 g/mol. The summed E-state index contributed by atoms with van der Waals surface area (Å²) in [7, 11) is 2.00. The van der Waals surface area contributed by atoms with Gasteiger partial charge in [-0.1, -0.05) is 6.92 Å². The van der Waals surface area contributed by atoms with E-state index < -0.39 is 5.97 Å². The second kappa shape index (κ2) is 5.59. The van der Waals surface area contributed by atoms with E-state index in [9.17, 15) is 9.90 Å². The van der Waals surface area contributed by atoms with Crippen molar-refractivity contribution in [2.75, 3.05) is 11.9 Å². The van der Waals surface area contributed by atoms with Gasteiger partial charge in [0.25, 0.3) is 0 Å². The van der Waals surface area contributed by atoms with Gasteiger partial charge >= 0.3 is 5.97 Å². The van der Waals surface area contributed by atoms with Crippen LogP contribution in [0.2, 0.25) is 0 Å². The predicted molar refractivity (Wildman–Crippen MR) is 75.8 cm³/mol. The van der Waals surface area contributed by atoms with Crippen LogP contribution in [-0.2, 0) is 0 Å². The SMILES string of the molecule is Cc1cc(N(C)C2CCC(C)CC2)c(C(=O)O)cn1. The third kappa shape index (κ3) is 3.06. The summed E-state index contributed by atoms with van der Waals surface area (Å²) in [6, 6.07) is 2.32. The molecule has 1 N–H and O–H groups in total. The van der Waals surface area contributed by atoms with Crippen molar-refractivity contribution in [3.63, 3.8) is 0 Å². The summed E-state index contributed by atoms with van der Waals surface area (Å²) in [5, 5.41) is 9.28. The van der Waals surface area contributed by atoms with Crippen molar-refractivity contribution in [2.45, 2.75) is 45.6 Å². The largest absolute Gasteiger partial charge is 0.478 e. The summed E-state index contributed by atoms with van der Waals surface area (Å²) in [5.74, 6) is -0.110. The smallest absolute Gasteiger partial charge is 0.339 e. The Bertz CT molecular complexity index is 465. The fourth-order valence-corrected chi connectivity index (χ4v) is 2.83. The number of hydrogen-bond donors (Lipinski definition) is 1. The zero-order valence-corrected chi connectivity index (χ0v) is 11.9. The summed E-state index contributed by atoms with van der Waals surface area (Å²) in [5.41, 5.74) is 1.95.